The molecule has 0 spiro atoms. The van der Waals surface area contributed by atoms with Crippen LogP contribution in [0.5, 0.6) is 0 Å². The summed E-state index contributed by atoms with van der Waals surface area (Å²) >= 11 is 19.3. The van der Waals surface area contributed by atoms with Gasteiger partial charge in [-0.15, -0.1) is 10.2 Å². The number of thioether (sulfide) groups is 1. The van der Waals surface area contributed by atoms with Crippen molar-refractivity contribution < 1.29 is 4.79 Å². The van der Waals surface area contributed by atoms with Gasteiger partial charge in [0.2, 0.25) is 5.91 Å². The summed E-state index contributed by atoms with van der Waals surface area (Å²) in [5.74, 6) is 0.847. The van der Waals surface area contributed by atoms with Gasteiger partial charge in [-0.3, -0.25) is 4.79 Å². The van der Waals surface area contributed by atoms with Crippen LogP contribution in [0.3, 0.4) is 0 Å². The van der Waals surface area contributed by atoms with E-state index in [-0.39, 0.29) is 11.7 Å². The summed E-state index contributed by atoms with van der Waals surface area (Å²) in [6.07, 6.45) is 0. The molecule has 0 unspecified atom stereocenters. The Labute approximate surface area is 182 Å². The predicted molar refractivity (Wildman–Crippen MR) is 115 cm³/mol. The van der Waals surface area contributed by atoms with E-state index in [1.165, 1.54) is 11.8 Å². The van der Waals surface area contributed by atoms with E-state index in [4.69, 9.17) is 34.8 Å². The second-order valence-corrected chi connectivity index (χ2v) is 8.06. The number of nitrogens with one attached hydrogen (secondary N) is 1. The van der Waals surface area contributed by atoms with E-state index in [1.54, 1.807) is 24.3 Å². The Balaban J connectivity index is 1.62. The minimum Gasteiger partial charge on any atom is -0.351 e. The Bertz CT molecular complexity index is 976. The van der Waals surface area contributed by atoms with Gasteiger partial charge < -0.3 is 9.88 Å². The lowest BCUT2D eigenvalue weighted by molar-refractivity contribution is -0.118. The molecule has 1 amide bonds. The van der Waals surface area contributed by atoms with Gasteiger partial charge in [0.25, 0.3) is 0 Å². The van der Waals surface area contributed by atoms with Crippen LogP contribution in [0.25, 0.3) is 11.4 Å². The summed E-state index contributed by atoms with van der Waals surface area (Å²) in [5, 5.41) is 13.6. The molecular weight excluding hydrogens is 439 g/mol. The average Bonchev–Trinajstić information content (AvgIpc) is 3.11. The van der Waals surface area contributed by atoms with Crippen molar-refractivity contribution in [1.29, 1.82) is 0 Å². The Morgan fingerprint density at radius 1 is 1.07 bits per heavy atom. The van der Waals surface area contributed by atoms with Gasteiger partial charge in [0, 0.05) is 23.7 Å². The number of hydrogen-bond donors (Lipinski definition) is 1. The first-order chi connectivity index (χ1) is 13.5. The van der Waals surface area contributed by atoms with Crippen molar-refractivity contribution in [3.8, 4) is 11.4 Å². The SMILES string of the molecule is CCn1c(SCC(=O)NCc2ccc(Cl)cc2)nnc1-c1ccc(Cl)c(Cl)c1. The van der Waals surface area contributed by atoms with Crippen molar-refractivity contribution in [2.45, 2.75) is 25.2 Å². The molecule has 1 heterocycles. The summed E-state index contributed by atoms with van der Waals surface area (Å²) in [5.41, 5.74) is 1.81. The Hall–Kier alpha value is -1.73. The maximum absolute atomic E-state index is 12.2. The molecule has 0 aliphatic carbocycles. The molecular formula is C19H17Cl3N4OS. The third-order valence-electron chi connectivity index (χ3n) is 3.95. The number of rotatable bonds is 7. The van der Waals surface area contributed by atoms with E-state index < -0.39 is 0 Å². The van der Waals surface area contributed by atoms with E-state index in [9.17, 15) is 4.79 Å². The lowest BCUT2D eigenvalue weighted by atomic mass is 10.2. The number of hydrogen-bond acceptors (Lipinski definition) is 4. The van der Waals surface area contributed by atoms with E-state index in [0.29, 0.717) is 39.1 Å². The molecule has 0 radical (unpaired) electrons. The third kappa shape index (κ3) is 5.20. The van der Waals surface area contributed by atoms with Crippen molar-refractivity contribution in [1.82, 2.24) is 20.1 Å². The summed E-state index contributed by atoms with van der Waals surface area (Å²) in [6.45, 7) is 3.11. The van der Waals surface area contributed by atoms with E-state index in [0.717, 1.165) is 11.1 Å². The maximum atomic E-state index is 12.2. The molecule has 3 rings (SSSR count). The highest BCUT2D eigenvalue weighted by Gasteiger charge is 2.15. The third-order valence-corrected chi connectivity index (χ3v) is 5.90. The zero-order chi connectivity index (χ0) is 20.1. The summed E-state index contributed by atoms with van der Waals surface area (Å²) in [6, 6.07) is 12.7. The van der Waals surface area contributed by atoms with Gasteiger partial charge in [0.1, 0.15) is 0 Å². The Kier molecular flexibility index (Phi) is 7.24. The first-order valence-electron chi connectivity index (χ1n) is 8.50. The highest BCUT2D eigenvalue weighted by molar-refractivity contribution is 7.99. The molecule has 0 fully saturated rings. The number of amides is 1. The number of carbonyl (C=O) groups is 1. The first kappa shape index (κ1) is 21.0. The van der Waals surface area contributed by atoms with Crippen molar-refractivity contribution in [2.24, 2.45) is 0 Å². The standard InChI is InChI=1S/C19H17Cl3N4OS/c1-2-26-18(13-5-8-15(21)16(22)9-13)24-25-19(26)28-11-17(27)23-10-12-3-6-14(20)7-4-12/h3-9H,2,10-11H2,1H3,(H,23,27). The number of benzene rings is 2. The van der Waals surface area contributed by atoms with Crippen molar-refractivity contribution in [3.63, 3.8) is 0 Å². The zero-order valence-electron chi connectivity index (χ0n) is 15.0. The number of carbonyl (C=O) groups excluding carboxylic acids is 1. The molecule has 0 saturated carbocycles. The molecule has 28 heavy (non-hydrogen) atoms. The number of halogens is 3. The molecule has 3 aromatic rings. The topological polar surface area (TPSA) is 59.8 Å². The van der Waals surface area contributed by atoms with Crippen molar-refractivity contribution >= 4 is 52.5 Å². The van der Waals surface area contributed by atoms with Crippen molar-refractivity contribution in [2.75, 3.05) is 5.75 Å². The quantitative estimate of drug-likeness (QED) is 0.489. The summed E-state index contributed by atoms with van der Waals surface area (Å²) in [7, 11) is 0. The van der Waals surface area contributed by atoms with Crippen LogP contribution < -0.4 is 5.32 Å². The fraction of sp³-hybridized carbons (Fsp3) is 0.211. The Morgan fingerprint density at radius 2 is 1.82 bits per heavy atom. The Morgan fingerprint density at radius 3 is 2.50 bits per heavy atom. The van der Waals surface area contributed by atoms with Gasteiger partial charge in [-0.1, -0.05) is 58.7 Å². The molecule has 5 nitrogen and oxygen atoms in total. The highest BCUT2D eigenvalue weighted by Crippen LogP contribution is 2.29. The monoisotopic (exact) mass is 454 g/mol. The normalized spacial score (nSPS) is 10.9. The maximum Gasteiger partial charge on any atom is 0.230 e. The zero-order valence-corrected chi connectivity index (χ0v) is 18.0. The molecule has 0 aliphatic heterocycles. The van der Waals surface area contributed by atoms with Gasteiger partial charge in [-0.25, -0.2) is 0 Å². The summed E-state index contributed by atoms with van der Waals surface area (Å²) in [4.78, 5) is 12.2. The fourth-order valence-electron chi connectivity index (χ4n) is 2.51. The van der Waals surface area contributed by atoms with E-state index >= 15 is 0 Å². The average molecular weight is 456 g/mol. The number of nitrogens with zero attached hydrogens (tertiary/aromatic N) is 3. The van der Waals surface area contributed by atoms with Gasteiger partial charge >= 0.3 is 0 Å². The molecule has 2 aromatic carbocycles. The highest BCUT2D eigenvalue weighted by atomic mass is 35.5. The van der Waals surface area contributed by atoms with Crippen molar-refractivity contribution in [3.05, 3.63) is 63.1 Å². The van der Waals surface area contributed by atoms with Crippen LogP contribution in [-0.2, 0) is 17.9 Å². The molecule has 1 N–H and O–H groups in total. The van der Waals surface area contributed by atoms with Crippen LogP contribution in [0.2, 0.25) is 15.1 Å². The first-order valence-corrected chi connectivity index (χ1v) is 10.6. The molecule has 0 atom stereocenters. The van der Waals surface area contributed by atoms with Crippen LogP contribution >= 0.6 is 46.6 Å². The van der Waals surface area contributed by atoms with Crippen LogP contribution in [0, 0.1) is 0 Å². The molecule has 0 aliphatic rings. The molecule has 9 heteroatoms. The van der Waals surface area contributed by atoms with E-state index in [2.05, 4.69) is 15.5 Å². The van der Waals surface area contributed by atoms with Crippen LogP contribution in [0.15, 0.2) is 47.6 Å². The lowest BCUT2D eigenvalue weighted by Crippen LogP contribution is -2.24. The fourth-order valence-corrected chi connectivity index (χ4v) is 3.77. The van der Waals surface area contributed by atoms with Gasteiger partial charge in [0.05, 0.1) is 15.8 Å². The predicted octanol–water partition coefficient (Wildman–Crippen LogP) is 5.33. The van der Waals surface area contributed by atoms with E-state index in [1.807, 2.05) is 29.7 Å². The van der Waals surface area contributed by atoms with Gasteiger partial charge in [-0.05, 0) is 42.8 Å². The lowest BCUT2D eigenvalue weighted by Gasteiger charge is -2.08. The summed E-state index contributed by atoms with van der Waals surface area (Å²) < 4.78 is 1.94. The van der Waals surface area contributed by atoms with Crippen LogP contribution in [0.4, 0.5) is 0 Å². The second-order valence-electron chi connectivity index (χ2n) is 5.87. The largest absolute Gasteiger partial charge is 0.351 e. The minimum absolute atomic E-state index is 0.0818. The van der Waals surface area contributed by atoms with Gasteiger partial charge in [-0.2, -0.15) is 0 Å². The van der Waals surface area contributed by atoms with Crippen LogP contribution in [-0.4, -0.2) is 26.4 Å². The molecule has 0 saturated heterocycles. The van der Waals surface area contributed by atoms with Crippen LogP contribution in [0.1, 0.15) is 12.5 Å². The number of aromatic nitrogens is 3. The smallest absolute Gasteiger partial charge is 0.230 e. The molecule has 0 bridgehead atoms. The molecule has 1 aromatic heterocycles. The minimum atomic E-state index is -0.0818. The molecule has 146 valence electrons. The second kappa shape index (κ2) is 9.65. The van der Waals surface area contributed by atoms with Gasteiger partial charge in [0.15, 0.2) is 11.0 Å².